The van der Waals surface area contributed by atoms with Crippen LogP contribution >= 0.6 is 11.3 Å². The number of carboxylic acids is 1. The van der Waals surface area contributed by atoms with E-state index in [1.807, 2.05) is 13.8 Å². The van der Waals surface area contributed by atoms with Gasteiger partial charge in [-0.3, -0.25) is 0 Å². The molecule has 0 radical (unpaired) electrons. The topological polar surface area (TPSA) is 86.1 Å². The van der Waals surface area contributed by atoms with E-state index in [2.05, 4.69) is 10.0 Å². The molecule has 5 nitrogen and oxygen atoms in total. The van der Waals surface area contributed by atoms with Gasteiger partial charge in [0.1, 0.15) is 4.88 Å². The van der Waals surface area contributed by atoms with Crippen LogP contribution < -0.4 is 0 Å². The fourth-order valence-corrected chi connectivity index (χ4v) is 2.13. The van der Waals surface area contributed by atoms with Crippen molar-refractivity contribution in [1.29, 1.82) is 0 Å². The van der Waals surface area contributed by atoms with Gasteiger partial charge in [-0.05, 0) is 28.8 Å². The summed E-state index contributed by atoms with van der Waals surface area (Å²) in [5, 5.41) is 14.1. The third-order valence-corrected chi connectivity index (χ3v) is 2.81. The molecule has 0 saturated carbocycles. The van der Waals surface area contributed by atoms with Gasteiger partial charge in [-0.15, -0.1) is 11.3 Å². The minimum atomic E-state index is -1.04. The summed E-state index contributed by atoms with van der Waals surface area (Å²) in [5.41, 5.74) is 9.45. The third-order valence-electron chi connectivity index (χ3n) is 1.81. The van der Waals surface area contributed by atoms with Crippen molar-refractivity contribution >= 4 is 23.0 Å². The van der Waals surface area contributed by atoms with Crippen LogP contribution in [0.15, 0.2) is 10.5 Å². The zero-order chi connectivity index (χ0) is 11.4. The van der Waals surface area contributed by atoms with Crippen molar-refractivity contribution in [3.8, 4) is 0 Å². The normalized spacial score (nSPS) is 10.1. The molecule has 6 heteroatoms. The maximum absolute atomic E-state index is 10.8. The standard InChI is InChI=1S/C9H11N3O2S/c1-5(2)3-6-4-15-8(9(13)14)7(6)11-12-10/h4-5H,3H2,1-2H3,(H,13,14). The summed E-state index contributed by atoms with van der Waals surface area (Å²) >= 11 is 1.10. The smallest absolute Gasteiger partial charge is 0.346 e. The largest absolute Gasteiger partial charge is 0.477 e. The van der Waals surface area contributed by atoms with Crippen LogP contribution in [0.1, 0.15) is 29.1 Å². The highest BCUT2D eigenvalue weighted by Gasteiger charge is 2.16. The Hall–Kier alpha value is -1.52. The Morgan fingerprint density at radius 3 is 2.87 bits per heavy atom. The lowest BCUT2D eigenvalue weighted by Gasteiger charge is -2.03. The highest BCUT2D eigenvalue weighted by Crippen LogP contribution is 2.32. The summed E-state index contributed by atoms with van der Waals surface area (Å²) < 4.78 is 0. The van der Waals surface area contributed by atoms with Gasteiger partial charge in [-0.25, -0.2) is 4.79 Å². The summed E-state index contributed by atoms with van der Waals surface area (Å²) in [4.78, 5) is 13.6. The molecule has 80 valence electrons. The van der Waals surface area contributed by atoms with E-state index in [0.717, 1.165) is 23.3 Å². The van der Waals surface area contributed by atoms with Crippen molar-refractivity contribution in [2.45, 2.75) is 20.3 Å². The van der Waals surface area contributed by atoms with Crippen molar-refractivity contribution in [2.24, 2.45) is 11.0 Å². The van der Waals surface area contributed by atoms with Gasteiger partial charge in [0.25, 0.3) is 0 Å². The molecule has 1 rings (SSSR count). The van der Waals surface area contributed by atoms with Gasteiger partial charge in [0.2, 0.25) is 0 Å². The molecule has 1 N–H and O–H groups in total. The summed E-state index contributed by atoms with van der Waals surface area (Å²) in [6.45, 7) is 4.05. The number of nitrogens with zero attached hydrogens (tertiary/aromatic N) is 3. The number of hydrogen-bond acceptors (Lipinski definition) is 3. The summed E-state index contributed by atoms with van der Waals surface area (Å²) in [6.07, 6.45) is 0.720. The molecule has 0 fully saturated rings. The van der Waals surface area contributed by atoms with Crippen molar-refractivity contribution in [2.75, 3.05) is 0 Å². The van der Waals surface area contributed by atoms with Gasteiger partial charge >= 0.3 is 5.97 Å². The highest BCUT2D eigenvalue weighted by atomic mass is 32.1. The maximum Gasteiger partial charge on any atom is 0.346 e. The molecule has 0 unspecified atom stereocenters. The van der Waals surface area contributed by atoms with Crippen molar-refractivity contribution in [3.63, 3.8) is 0 Å². The first-order valence-corrected chi connectivity index (χ1v) is 5.33. The lowest BCUT2D eigenvalue weighted by Crippen LogP contribution is -1.95. The molecule has 0 bridgehead atoms. The molecule has 0 spiro atoms. The molecule has 0 atom stereocenters. The van der Waals surface area contributed by atoms with E-state index in [4.69, 9.17) is 10.6 Å². The van der Waals surface area contributed by atoms with E-state index in [-0.39, 0.29) is 10.6 Å². The molecule has 15 heavy (non-hydrogen) atoms. The summed E-state index contributed by atoms with van der Waals surface area (Å²) in [6, 6.07) is 0. The Kier molecular flexibility index (Phi) is 3.71. The molecule has 0 aliphatic heterocycles. The average molecular weight is 225 g/mol. The van der Waals surface area contributed by atoms with Gasteiger partial charge in [-0.1, -0.05) is 19.0 Å². The monoisotopic (exact) mass is 225 g/mol. The number of thiophene rings is 1. The van der Waals surface area contributed by atoms with Crippen molar-refractivity contribution in [1.82, 2.24) is 0 Å². The van der Waals surface area contributed by atoms with E-state index in [1.54, 1.807) is 5.38 Å². The molecule has 1 heterocycles. The predicted octanol–water partition coefficient (Wildman–Crippen LogP) is 3.59. The average Bonchev–Trinajstić information content (AvgIpc) is 2.48. The molecular weight excluding hydrogens is 214 g/mol. The first-order chi connectivity index (χ1) is 7.06. The van der Waals surface area contributed by atoms with Gasteiger partial charge in [-0.2, -0.15) is 0 Å². The number of carbonyl (C=O) groups is 1. The third kappa shape index (κ3) is 2.71. The SMILES string of the molecule is CC(C)Cc1csc(C(=O)O)c1N=[N+]=[N-]. The van der Waals surface area contributed by atoms with Crippen LogP contribution in [0.4, 0.5) is 5.69 Å². The van der Waals surface area contributed by atoms with Crippen molar-refractivity contribution < 1.29 is 9.90 Å². The Morgan fingerprint density at radius 2 is 2.40 bits per heavy atom. The van der Waals surface area contributed by atoms with Gasteiger partial charge in [0.05, 0.1) is 5.69 Å². The minimum absolute atomic E-state index is 0.114. The second-order valence-corrected chi connectivity index (χ2v) is 4.41. The summed E-state index contributed by atoms with van der Waals surface area (Å²) in [5.74, 6) is -0.647. The fraction of sp³-hybridized carbons (Fsp3) is 0.444. The van der Waals surface area contributed by atoms with Crippen LogP contribution in [0.5, 0.6) is 0 Å². The van der Waals surface area contributed by atoms with Crippen molar-refractivity contribution in [3.05, 3.63) is 26.3 Å². The van der Waals surface area contributed by atoms with E-state index < -0.39 is 5.97 Å². The van der Waals surface area contributed by atoms with E-state index in [0.29, 0.717) is 5.92 Å². The van der Waals surface area contributed by atoms with Gasteiger partial charge in [0.15, 0.2) is 0 Å². The van der Waals surface area contributed by atoms with Gasteiger partial charge < -0.3 is 5.11 Å². The first kappa shape index (κ1) is 11.6. The zero-order valence-corrected chi connectivity index (χ0v) is 9.28. The predicted molar refractivity (Wildman–Crippen MR) is 58.6 cm³/mol. The zero-order valence-electron chi connectivity index (χ0n) is 8.47. The van der Waals surface area contributed by atoms with Gasteiger partial charge in [0, 0.05) is 4.91 Å². The van der Waals surface area contributed by atoms with E-state index in [1.165, 1.54) is 0 Å². The Bertz CT molecular complexity index is 419. The lowest BCUT2D eigenvalue weighted by molar-refractivity contribution is 0.0703. The fourth-order valence-electron chi connectivity index (χ4n) is 1.28. The van der Waals surface area contributed by atoms with Crippen LogP contribution in [0.25, 0.3) is 10.4 Å². The number of azide groups is 1. The molecule has 0 aliphatic carbocycles. The number of hydrogen-bond donors (Lipinski definition) is 1. The number of rotatable bonds is 4. The minimum Gasteiger partial charge on any atom is -0.477 e. The summed E-state index contributed by atoms with van der Waals surface area (Å²) in [7, 11) is 0. The molecule has 1 aromatic rings. The van der Waals surface area contributed by atoms with E-state index >= 15 is 0 Å². The molecule has 0 saturated heterocycles. The van der Waals surface area contributed by atoms with E-state index in [9.17, 15) is 4.79 Å². The van der Waals surface area contributed by atoms with Crippen LogP contribution in [-0.2, 0) is 6.42 Å². The van der Waals surface area contributed by atoms with Crippen LogP contribution in [0.2, 0.25) is 0 Å². The van der Waals surface area contributed by atoms with Crippen LogP contribution in [0, 0.1) is 5.92 Å². The molecule has 1 aromatic heterocycles. The highest BCUT2D eigenvalue weighted by molar-refractivity contribution is 7.12. The van der Waals surface area contributed by atoms with Crippen LogP contribution in [-0.4, -0.2) is 11.1 Å². The Labute approximate surface area is 91.0 Å². The first-order valence-electron chi connectivity index (χ1n) is 4.45. The maximum atomic E-state index is 10.8. The molecule has 0 amide bonds. The second kappa shape index (κ2) is 4.82. The second-order valence-electron chi connectivity index (χ2n) is 3.53. The number of carboxylic acid groups (broad SMARTS) is 1. The van der Waals surface area contributed by atoms with Crippen LogP contribution in [0.3, 0.4) is 0 Å². The molecular formula is C9H11N3O2S. The molecule has 0 aromatic carbocycles. The quantitative estimate of drug-likeness (QED) is 0.482. The Morgan fingerprint density at radius 1 is 1.73 bits per heavy atom. The molecule has 0 aliphatic rings. The number of aromatic carboxylic acids is 1. The lowest BCUT2D eigenvalue weighted by atomic mass is 10.0. The Balaban J connectivity index is 3.17.